The monoisotopic (exact) mass is 371 g/mol. The molecular weight excluding hydrogens is 357 g/mol. The summed E-state index contributed by atoms with van der Waals surface area (Å²) in [6, 6.07) is 12.7. The van der Waals surface area contributed by atoms with Gasteiger partial charge in [0.2, 0.25) is 10.5 Å². The predicted molar refractivity (Wildman–Crippen MR) is 71.3 cm³/mol. The Hall–Kier alpha value is -0.720. The van der Waals surface area contributed by atoms with Crippen molar-refractivity contribution in [3.63, 3.8) is 0 Å². The maximum absolute atomic E-state index is 9.18. The summed E-state index contributed by atoms with van der Waals surface area (Å²) >= 11 is 1.79. The number of thiazole rings is 1. The lowest BCUT2D eigenvalue weighted by Crippen LogP contribution is -3.00. The van der Waals surface area contributed by atoms with Crippen LogP contribution in [0.4, 0.5) is 0 Å². The molecule has 1 N–H and O–H groups in total. The molecule has 1 heterocycles. The van der Waals surface area contributed by atoms with Crippen LogP contribution in [-0.2, 0) is 6.54 Å². The Morgan fingerprint density at radius 1 is 1.17 bits per heavy atom. The number of rotatable bonds is 2. The second-order valence-electron chi connectivity index (χ2n) is 4.13. The van der Waals surface area contributed by atoms with Crippen LogP contribution in [0.1, 0.15) is 5.01 Å². The third-order valence-electron chi connectivity index (χ3n) is 3.09. The summed E-state index contributed by atoms with van der Waals surface area (Å²) in [4.78, 5) is 0. The van der Waals surface area contributed by atoms with E-state index in [-0.39, 0.29) is 30.6 Å². The van der Waals surface area contributed by atoms with Gasteiger partial charge in [0.25, 0.3) is 0 Å². The molecule has 94 valence electrons. The Bertz CT molecular complexity index is 693. The first-order chi connectivity index (χ1) is 8.31. The molecule has 3 aromatic rings. The molecule has 4 heteroatoms. The highest BCUT2D eigenvalue weighted by molar-refractivity contribution is 7.18. The molecule has 0 amide bonds. The number of hydrogen-bond acceptors (Lipinski definition) is 2. The van der Waals surface area contributed by atoms with E-state index in [2.05, 4.69) is 47.9 Å². The molecule has 2 nitrogen and oxygen atoms in total. The van der Waals surface area contributed by atoms with Gasteiger partial charge in [0.1, 0.15) is 11.3 Å². The maximum atomic E-state index is 9.18. The average Bonchev–Trinajstić information content (AvgIpc) is 2.67. The van der Waals surface area contributed by atoms with Crippen LogP contribution in [-0.4, -0.2) is 11.7 Å². The topological polar surface area (TPSA) is 24.1 Å². The predicted octanol–water partition coefficient (Wildman–Crippen LogP) is -0.353. The minimum absolute atomic E-state index is 0. The molecular formula is C14H14INOS. The first-order valence-electron chi connectivity index (χ1n) is 5.73. The van der Waals surface area contributed by atoms with Gasteiger partial charge in [-0.3, -0.25) is 0 Å². The van der Waals surface area contributed by atoms with Crippen molar-refractivity contribution in [2.24, 2.45) is 0 Å². The summed E-state index contributed by atoms with van der Waals surface area (Å²) in [7, 11) is 0. The molecule has 18 heavy (non-hydrogen) atoms. The molecule has 0 radical (unpaired) electrons. The Morgan fingerprint density at radius 2 is 1.94 bits per heavy atom. The number of aliphatic hydroxyl groups is 1. The van der Waals surface area contributed by atoms with Gasteiger partial charge in [-0.15, -0.1) is 0 Å². The van der Waals surface area contributed by atoms with Gasteiger partial charge in [-0.05, 0) is 17.5 Å². The molecule has 0 fully saturated rings. The van der Waals surface area contributed by atoms with Crippen LogP contribution in [0.3, 0.4) is 0 Å². The highest BCUT2D eigenvalue weighted by Gasteiger charge is 2.18. The third kappa shape index (κ3) is 2.13. The molecule has 0 bridgehead atoms. The van der Waals surface area contributed by atoms with Crippen molar-refractivity contribution in [1.82, 2.24) is 0 Å². The van der Waals surface area contributed by atoms with Crippen LogP contribution < -0.4 is 28.5 Å². The van der Waals surface area contributed by atoms with E-state index < -0.39 is 0 Å². The fourth-order valence-electron chi connectivity index (χ4n) is 2.34. The quantitative estimate of drug-likeness (QED) is 0.483. The van der Waals surface area contributed by atoms with Crippen LogP contribution in [0.5, 0.6) is 0 Å². The Morgan fingerprint density at radius 3 is 2.72 bits per heavy atom. The SMILES string of the molecule is Cc1sc2ccc3ccccc3c2[n+]1CCO.[I-]. The first-order valence-corrected chi connectivity index (χ1v) is 6.54. The Kier molecular flexibility index (Phi) is 4.19. The van der Waals surface area contributed by atoms with Crippen LogP contribution in [0.25, 0.3) is 21.0 Å². The van der Waals surface area contributed by atoms with E-state index in [1.54, 1.807) is 11.3 Å². The van der Waals surface area contributed by atoms with Crippen molar-refractivity contribution < 1.29 is 33.7 Å². The highest BCUT2D eigenvalue weighted by Crippen LogP contribution is 2.27. The first kappa shape index (κ1) is 13.7. The second kappa shape index (κ2) is 5.50. The summed E-state index contributed by atoms with van der Waals surface area (Å²) in [6.07, 6.45) is 0. The van der Waals surface area contributed by atoms with Gasteiger partial charge in [-0.25, -0.2) is 0 Å². The fraction of sp³-hybridized carbons (Fsp3) is 0.214. The van der Waals surface area contributed by atoms with E-state index in [1.807, 2.05) is 0 Å². The van der Waals surface area contributed by atoms with Crippen molar-refractivity contribution in [3.8, 4) is 0 Å². The van der Waals surface area contributed by atoms with E-state index >= 15 is 0 Å². The zero-order valence-electron chi connectivity index (χ0n) is 10.1. The number of fused-ring (bicyclic) bond motifs is 3. The molecule has 0 aliphatic heterocycles. The second-order valence-corrected chi connectivity index (χ2v) is 5.36. The van der Waals surface area contributed by atoms with E-state index in [1.165, 1.54) is 26.0 Å². The Balaban J connectivity index is 0.00000120. The van der Waals surface area contributed by atoms with Crippen LogP contribution >= 0.6 is 11.3 Å². The molecule has 1 aromatic heterocycles. The van der Waals surface area contributed by atoms with E-state index in [0.717, 1.165) is 0 Å². The summed E-state index contributed by atoms with van der Waals surface area (Å²) in [5.41, 5.74) is 1.25. The normalized spacial score (nSPS) is 10.8. The molecule has 3 rings (SSSR count). The smallest absolute Gasteiger partial charge is 0.235 e. The summed E-state index contributed by atoms with van der Waals surface area (Å²) in [5, 5.41) is 12.9. The lowest BCUT2D eigenvalue weighted by molar-refractivity contribution is -0.673. The van der Waals surface area contributed by atoms with Gasteiger partial charge < -0.3 is 29.1 Å². The molecule has 0 saturated heterocycles. The van der Waals surface area contributed by atoms with Gasteiger partial charge in [0.15, 0.2) is 6.54 Å². The number of aryl methyl sites for hydroxylation is 1. The molecule has 0 spiro atoms. The summed E-state index contributed by atoms with van der Waals surface area (Å²) in [6.45, 7) is 2.95. The molecule has 0 saturated carbocycles. The number of nitrogens with zero attached hydrogens (tertiary/aromatic N) is 1. The fourth-order valence-corrected chi connectivity index (χ4v) is 3.40. The van der Waals surface area contributed by atoms with Gasteiger partial charge in [-0.1, -0.05) is 35.6 Å². The van der Waals surface area contributed by atoms with Crippen molar-refractivity contribution in [2.45, 2.75) is 13.5 Å². The zero-order chi connectivity index (χ0) is 11.8. The number of halogens is 1. The minimum atomic E-state index is 0. The highest BCUT2D eigenvalue weighted by atomic mass is 127. The van der Waals surface area contributed by atoms with E-state index in [9.17, 15) is 5.11 Å². The largest absolute Gasteiger partial charge is 1.00 e. The lowest BCUT2D eigenvalue weighted by Gasteiger charge is -1.98. The molecule has 0 aliphatic rings. The van der Waals surface area contributed by atoms with Gasteiger partial charge in [0.05, 0.1) is 5.39 Å². The molecule has 0 aliphatic carbocycles. The van der Waals surface area contributed by atoms with E-state index in [4.69, 9.17) is 0 Å². The van der Waals surface area contributed by atoms with Crippen molar-refractivity contribution in [2.75, 3.05) is 6.61 Å². The van der Waals surface area contributed by atoms with Crippen molar-refractivity contribution in [1.29, 1.82) is 0 Å². The van der Waals surface area contributed by atoms with Crippen LogP contribution in [0.15, 0.2) is 36.4 Å². The molecule has 0 unspecified atom stereocenters. The lowest BCUT2D eigenvalue weighted by atomic mass is 10.1. The van der Waals surface area contributed by atoms with Crippen LogP contribution in [0.2, 0.25) is 0 Å². The van der Waals surface area contributed by atoms with Crippen molar-refractivity contribution >= 4 is 32.3 Å². The van der Waals surface area contributed by atoms with Gasteiger partial charge in [0, 0.05) is 6.92 Å². The molecule has 0 atom stereocenters. The zero-order valence-corrected chi connectivity index (χ0v) is 13.0. The van der Waals surface area contributed by atoms with Crippen molar-refractivity contribution in [3.05, 3.63) is 41.4 Å². The van der Waals surface area contributed by atoms with Gasteiger partial charge >= 0.3 is 0 Å². The summed E-state index contributed by atoms with van der Waals surface area (Å²) < 4.78 is 3.50. The van der Waals surface area contributed by atoms with E-state index in [0.29, 0.717) is 6.54 Å². The standard InChI is InChI=1S/C14H14NOS.HI/c1-10-15(8-9-16)14-12-5-3-2-4-11(12)6-7-13(14)17-10;/h2-7,16H,8-9H2,1H3;1H/q+1;/p-1. The maximum Gasteiger partial charge on any atom is 0.235 e. The Labute approximate surface area is 127 Å². The third-order valence-corrected chi connectivity index (χ3v) is 4.16. The minimum Gasteiger partial charge on any atom is -1.00 e. The number of hydrogen-bond donors (Lipinski definition) is 1. The van der Waals surface area contributed by atoms with Gasteiger partial charge in [-0.2, -0.15) is 4.57 Å². The number of aromatic nitrogens is 1. The van der Waals surface area contributed by atoms with Crippen LogP contribution in [0, 0.1) is 6.92 Å². The number of benzene rings is 2. The summed E-state index contributed by atoms with van der Waals surface area (Å²) in [5.74, 6) is 0. The molecule has 2 aromatic carbocycles. The number of aliphatic hydroxyl groups excluding tert-OH is 1. The average molecular weight is 371 g/mol.